The van der Waals surface area contributed by atoms with E-state index in [4.69, 9.17) is 5.73 Å². The zero-order valence-electron chi connectivity index (χ0n) is 15.9. The predicted octanol–water partition coefficient (Wildman–Crippen LogP) is 2.92. The normalized spacial score (nSPS) is 13.0. The zero-order valence-corrected chi connectivity index (χ0v) is 15.9. The molecule has 30 heavy (non-hydrogen) atoms. The Kier molecular flexibility index (Phi) is 4.78. The summed E-state index contributed by atoms with van der Waals surface area (Å²) in [5.41, 5.74) is 5.91. The lowest BCUT2D eigenvalue weighted by molar-refractivity contribution is 0.161. The molecule has 0 fully saturated rings. The number of hydrogen-bond donors (Lipinski definition) is 1. The molecule has 0 aliphatic heterocycles. The SMILES string of the molecule is CC(=NOC(N)=O)c1ccc2nnc([C@H](C)c3c(F)cc4ncccc4c3F)n2n1. The molecule has 0 spiro atoms. The van der Waals surface area contributed by atoms with E-state index < -0.39 is 23.6 Å². The van der Waals surface area contributed by atoms with Gasteiger partial charge in [0.05, 0.1) is 5.52 Å². The first kappa shape index (κ1) is 19.3. The molecule has 152 valence electrons. The Labute approximate surface area is 168 Å². The molecule has 3 aromatic heterocycles. The van der Waals surface area contributed by atoms with E-state index in [1.54, 1.807) is 32.0 Å². The molecule has 0 unspecified atom stereocenters. The highest BCUT2D eigenvalue weighted by atomic mass is 19.1. The summed E-state index contributed by atoms with van der Waals surface area (Å²) in [4.78, 5) is 19.1. The molecule has 2 N–H and O–H groups in total. The molecule has 3 heterocycles. The smallest absolute Gasteiger partial charge is 0.333 e. The van der Waals surface area contributed by atoms with Crippen LogP contribution in [-0.4, -0.2) is 36.6 Å². The number of amides is 1. The number of aromatic nitrogens is 5. The van der Waals surface area contributed by atoms with E-state index in [9.17, 15) is 9.18 Å². The number of nitrogens with two attached hydrogens (primary N) is 1. The number of benzene rings is 1. The van der Waals surface area contributed by atoms with Crippen LogP contribution < -0.4 is 5.73 Å². The van der Waals surface area contributed by atoms with Crippen molar-refractivity contribution in [3.8, 4) is 0 Å². The fraction of sp³-hybridized carbons (Fsp3) is 0.158. The maximum absolute atomic E-state index is 15.1. The van der Waals surface area contributed by atoms with E-state index in [0.29, 0.717) is 11.3 Å². The van der Waals surface area contributed by atoms with Crippen molar-refractivity contribution in [3.05, 3.63) is 65.2 Å². The maximum atomic E-state index is 15.1. The quantitative estimate of drug-likeness (QED) is 0.313. The average Bonchev–Trinajstić information content (AvgIpc) is 3.15. The van der Waals surface area contributed by atoms with Gasteiger partial charge in [-0.2, -0.15) is 9.61 Å². The summed E-state index contributed by atoms with van der Waals surface area (Å²) in [5, 5.41) is 16.2. The van der Waals surface area contributed by atoms with Crippen LogP contribution in [-0.2, 0) is 4.84 Å². The van der Waals surface area contributed by atoms with Crippen molar-refractivity contribution in [3.63, 3.8) is 0 Å². The van der Waals surface area contributed by atoms with Crippen LogP contribution in [0.15, 0.2) is 41.7 Å². The summed E-state index contributed by atoms with van der Waals surface area (Å²) in [6.07, 6.45) is 0.402. The molecule has 4 rings (SSSR count). The van der Waals surface area contributed by atoms with Gasteiger partial charge in [0, 0.05) is 29.1 Å². The van der Waals surface area contributed by atoms with Gasteiger partial charge < -0.3 is 5.73 Å². The van der Waals surface area contributed by atoms with Crippen LogP contribution >= 0.6 is 0 Å². The molecule has 1 amide bonds. The number of halogens is 2. The molecular weight excluding hydrogens is 396 g/mol. The Balaban J connectivity index is 1.82. The number of fused-ring (bicyclic) bond motifs is 2. The number of carbonyl (C=O) groups is 1. The summed E-state index contributed by atoms with van der Waals surface area (Å²) in [6.45, 7) is 3.16. The highest BCUT2D eigenvalue weighted by Crippen LogP contribution is 2.31. The Morgan fingerprint density at radius 2 is 2.07 bits per heavy atom. The fourth-order valence-corrected chi connectivity index (χ4v) is 3.12. The third kappa shape index (κ3) is 3.30. The molecule has 1 atom stereocenters. The molecule has 0 bridgehead atoms. The Bertz CT molecular complexity index is 1320. The third-order valence-corrected chi connectivity index (χ3v) is 4.58. The van der Waals surface area contributed by atoms with E-state index in [-0.39, 0.29) is 28.0 Å². The second-order valence-electron chi connectivity index (χ2n) is 6.51. The van der Waals surface area contributed by atoms with Crippen molar-refractivity contribution in [1.29, 1.82) is 0 Å². The van der Waals surface area contributed by atoms with Gasteiger partial charge in [-0.15, -0.1) is 10.2 Å². The molecule has 4 aromatic rings. The molecule has 11 heteroatoms. The van der Waals surface area contributed by atoms with E-state index in [2.05, 4.69) is 30.3 Å². The number of hydrogen-bond acceptors (Lipinski definition) is 7. The third-order valence-electron chi connectivity index (χ3n) is 4.58. The van der Waals surface area contributed by atoms with Gasteiger partial charge in [-0.05, 0) is 31.2 Å². The lowest BCUT2D eigenvalue weighted by atomic mass is 9.97. The molecule has 9 nitrogen and oxygen atoms in total. The first-order valence-electron chi connectivity index (χ1n) is 8.83. The minimum Gasteiger partial charge on any atom is -0.333 e. The summed E-state index contributed by atoms with van der Waals surface area (Å²) in [5.74, 6) is -2.05. The monoisotopic (exact) mass is 411 g/mol. The van der Waals surface area contributed by atoms with Gasteiger partial charge in [-0.1, -0.05) is 12.1 Å². The number of oxime groups is 1. The van der Waals surface area contributed by atoms with Crippen molar-refractivity contribution in [1.82, 2.24) is 24.8 Å². The van der Waals surface area contributed by atoms with Crippen LogP contribution in [0.1, 0.15) is 36.8 Å². The average molecular weight is 411 g/mol. The van der Waals surface area contributed by atoms with Gasteiger partial charge in [0.15, 0.2) is 11.5 Å². The van der Waals surface area contributed by atoms with Crippen LogP contribution in [0.4, 0.5) is 13.6 Å². The summed E-state index contributed by atoms with van der Waals surface area (Å²) in [7, 11) is 0. The molecule has 0 aliphatic rings. The second-order valence-corrected chi connectivity index (χ2v) is 6.51. The lowest BCUT2D eigenvalue weighted by Gasteiger charge is -2.14. The van der Waals surface area contributed by atoms with Gasteiger partial charge in [0.1, 0.15) is 23.0 Å². The Morgan fingerprint density at radius 3 is 2.83 bits per heavy atom. The highest BCUT2D eigenvalue weighted by Gasteiger charge is 2.25. The van der Waals surface area contributed by atoms with Crippen molar-refractivity contribution in [2.75, 3.05) is 0 Å². The molecule has 0 saturated carbocycles. The van der Waals surface area contributed by atoms with Gasteiger partial charge in [-0.25, -0.2) is 13.6 Å². The summed E-state index contributed by atoms with van der Waals surface area (Å²) in [6, 6.07) is 7.49. The first-order valence-corrected chi connectivity index (χ1v) is 8.83. The van der Waals surface area contributed by atoms with Crippen molar-refractivity contribution < 1.29 is 18.4 Å². The predicted molar refractivity (Wildman–Crippen MR) is 103 cm³/mol. The first-order chi connectivity index (χ1) is 14.4. The summed E-state index contributed by atoms with van der Waals surface area (Å²) >= 11 is 0. The van der Waals surface area contributed by atoms with Crippen molar-refractivity contribution in [2.24, 2.45) is 10.9 Å². The topological polar surface area (TPSA) is 121 Å². The standard InChI is InChI=1S/C19H15F2N7O2/c1-9(16-12(20)8-14-11(17(16)21)4-3-7-23-14)18-25-24-15-6-5-13(26-28(15)18)10(2)27-30-19(22)29/h3-9H,1-2H3,(H2,22,29)/t9-/m1/s1. The molecule has 0 saturated heterocycles. The largest absolute Gasteiger partial charge is 0.430 e. The van der Waals surface area contributed by atoms with Crippen LogP contribution in [0.5, 0.6) is 0 Å². The van der Waals surface area contributed by atoms with E-state index in [1.165, 1.54) is 22.8 Å². The number of nitrogens with zero attached hydrogens (tertiary/aromatic N) is 6. The Hall–Kier alpha value is -4.02. The Morgan fingerprint density at radius 1 is 1.27 bits per heavy atom. The maximum Gasteiger partial charge on any atom is 0.430 e. The van der Waals surface area contributed by atoms with Gasteiger partial charge in [-0.3, -0.25) is 9.82 Å². The van der Waals surface area contributed by atoms with Gasteiger partial charge in [0.25, 0.3) is 0 Å². The van der Waals surface area contributed by atoms with E-state index >= 15 is 4.39 Å². The number of rotatable bonds is 4. The van der Waals surface area contributed by atoms with Crippen LogP contribution in [0, 0.1) is 11.6 Å². The van der Waals surface area contributed by atoms with Gasteiger partial charge in [0.2, 0.25) is 0 Å². The van der Waals surface area contributed by atoms with Crippen LogP contribution in [0.2, 0.25) is 0 Å². The van der Waals surface area contributed by atoms with Crippen LogP contribution in [0.3, 0.4) is 0 Å². The molecule has 0 radical (unpaired) electrons. The zero-order chi connectivity index (χ0) is 21.4. The number of primary amides is 1. The summed E-state index contributed by atoms with van der Waals surface area (Å²) < 4.78 is 31.2. The van der Waals surface area contributed by atoms with Crippen molar-refractivity contribution >= 4 is 28.4 Å². The van der Waals surface area contributed by atoms with E-state index in [1.807, 2.05) is 0 Å². The van der Waals surface area contributed by atoms with Gasteiger partial charge >= 0.3 is 6.09 Å². The number of pyridine rings is 1. The molecule has 0 aliphatic carbocycles. The highest BCUT2D eigenvalue weighted by molar-refractivity contribution is 5.96. The minimum atomic E-state index is -1.06. The van der Waals surface area contributed by atoms with E-state index in [0.717, 1.165) is 0 Å². The minimum absolute atomic E-state index is 0.167. The second kappa shape index (κ2) is 7.43. The lowest BCUT2D eigenvalue weighted by Crippen LogP contribution is -2.13. The van der Waals surface area contributed by atoms with Crippen molar-refractivity contribution in [2.45, 2.75) is 19.8 Å². The molecular formula is C19H15F2N7O2. The number of carbonyl (C=O) groups excluding carboxylic acids is 1. The van der Waals surface area contributed by atoms with Crippen LogP contribution in [0.25, 0.3) is 16.6 Å². The molecule has 1 aromatic carbocycles. The fourth-order valence-electron chi connectivity index (χ4n) is 3.12.